The van der Waals surface area contributed by atoms with Crippen LogP contribution in [0.25, 0.3) is 0 Å². The normalized spacial score (nSPS) is 14.6. The molecule has 1 heterocycles. The first-order valence-corrected chi connectivity index (χ1v) is 7.64. The van der Waals surface area contributed by atoms with E-state index in [2.05, 4.69) is 59.8 Å². The molecule has 19 heavy (non-hydrogen) atoms. The van der Waals surface area contributed by atoms with E-state index in [0.29, 0.717) is 0 Å². The van der Waals surface area contributed by atoms with Crippen molar-refractivity contribution in [1.29, 1.82) is 0 Å². The summed E-state index contributed by atoms with van der Waals surface area (Å²) in [6.07, 6.45) is 3.10. The van der Waals surface area contributed by atoms with E-state index in [1.165, 1.54) is 21.9 Å². The lowest BCUT2D eigenvalue weighted by atomic mass is 10.1. The number of anilines is 1. The zero-order valence-corrected chi connectivity index (χ0v) is 11.7. The Labute approximate surface area is 118 Å². The van der Waals surface area contributed by atoms with Crippen molar-refractivity contribution in [3.8, 4) is 0 Å². The van der Waals surface area contributed by atoms with Crippen molar-refractivity contribution in [3.05, 3.63) is 60.2 Å². The minimum Gasteiger partial charge on any atom is -0.265 e. The predicted octanol–water partition coefficient (Wildman–Crippen LogP) is 4.02. The zero-order valence-electron chi connectivity index (χ0n) is 10.9. The van der Waals surface area contributed by atoms with Crippen molar-refractivity contribution in [2.75, 3.05) is 17.8 Å². The van der Waals surface area contributed by atoms with Crippen LogP contribution in [0, 0.1) is 0 Å². The molecule has 0 fully saturated rings. The number of rotatable bonds is 3. The van der Waals surface area contributed by atoms with Gasteiger partial charge in [-0.1, -0.05) is 30.3 Å². The third-order valence-corrected chi connectivity index (χ3v) is 4.02. The highest BCUT2D eigenvalue weighted by atomic mass is 32.2. The Morgan fingerprint density at radius 2 is 1.74 bits per heavy atom. The van der Waals surface area contributed by atoms with Crippen LogP contribution in [0.15, 0.2) is 64.6 Å². The molecule has 1 aliphatic heterocycles. The molecule has 0 radical (unpaired) electrons. The summed E-state index contributed by atoms with van der Waals surface area (Å²) in [5, 5.41) is 6.81. The summed E-state index contributed by atoms with van der Waals surface area (Å²) in [4.78, 5) is 1.29. The molecule has 3 heteroatoms. The van der Waals surface area contributed by atoms with Crippen LogP contribution in [0.4, 0.5) is 5.69 Å². The molecule has 0 unspecified atom stereocenters. The molecule has 2 aromatic rings. The van der Waals surface area contributed by atoms with Crippen LogP contribution >= 0.6 is 11.8 Å². The van der Waals surface area contributed by atoms with Crippen LogP contribution in [-0.4, -0.2) is 18.5 Å². The second-order valence-electron chi connectivity index (χ2n) is 4.48. The molecule has 0 saturated heterocycles. The Morgan fingerprint density at radius 1 is 1.00 bits per heavy atom. The van der Waals surface area contributed by atoms with E-state index in [0.717, 1.165) is 13.0 Å². The third-order valence-electron chi connectivity index (χ3n) is 3.28. The molecule has 2 nitrogen and oxygen atoms in total. The molecule has 0 atom stereocenters. The molecule has 96 valence electrons. The minimum atomic E-state index is 0.962. The van der Waals surface area contributed by atoms with Crippen LogP contribution in [0.5, 0.6) is 0 Å². The molecule has 3 rings (SSSR count). The molecular formula is C16H16N2S. The summed E-state index contributed by atoms with van der Waals surface area (Å²) >= 11 is 1.77. The van der Waals surface area contributed by atoms with Crippen LogP contribution in [0.3, 0.4) is 0 Å². The van der Waals surface area contributed by atoms with Gasteiger partial charge in [0.05, 0.1) is 11.4 Å². The summed E-state index contributed by atoms with van der Waals surface area (Å²) in [5.74, 6) is 0. The topological polar surface area (TPSA) is 15.6 Å². The summed E-state index contributed by atoms with van der Waals surface area (Å²) in [7, 11) is 0. The molecule has 2 aromatic carbocycles. The van der Waals surface area contributed by atoms with Gasteiger partial charge in [-0.2, -0.15) is 5.10 Å². The fourth-order valence-electron chi connectivity index (χ4n) is 2.23. The van der Waals surface area contributed by atoms with Gasteiger partial charge in [-0.05, 0) is 36.1 Å². The van der Waals surface area contributed by atoms with Gasteiger partial charge in [0.25, 0.3) is 0 Å². The highest BCUT2D eigenvalue weighted by molar-refractivity contribution is 7.98. The highest BCUT2D eigenvalue weighted by Gasteiger charge is 2.16. The zero-order chi connectivity index (χ0) is 13.1. The summed E-state index contributed by atoms with van der Waals surface area (Å²) < 4.78 is 0. The molecule has 1 aliphatic rings. The number of nitrogens with zero attached hydrogens (tertiary/aromatic N) is 2. The molecule has 0 bridgehead atoms. The lowest BCUT2D eigenvalue weighted by Crippen LogP contribution is -2.11. The van der Waals surface area contributed by atoms with Crippen molar-refractivity contribution >= 4 is 23.2 Å². The van der Waals surface area contributed by atoms with Crippen molar-refractivity contribution in [1.82, 2.24) is 0 Å². The lowest BCUT2D eigenvalue weighted by Gasteiger charge is -2.12. The Bertz CT molecular complexity index is 575. The number of hydrogen-bond donors (Lipinski definition) is 0. The fraction of sp³-hybridized carbons (Fsp3) is 0.188. The first kappa shape index (κ1) is 12.3. The van der Waals surface area contributed by atoms with Gasteiger partial charge < -0.3 is 0 Å². The van der Waals surface area contributed by atoms with E-state index < -0.39 is 0 Å². The van der Waals surface area contributed by atoms with Crippen LogP contribution in [0.2, 0.25) is 0 Å². The molecule has 0 aliphatic carbocycles. The Hall–Kier alpha value is -1.74. The van der Waals surface area contributed by atoms with E-state index in [-0.39, 0.29) is 0 Å². The van der Waals surface area contributed by atoms with E-state index >= 15 is 0 Å². The van der Waals surface area contributed by atoms with E-state index in [1.54, 1.807) is 11.8 Å². The van der Waals surface area contributed by atoms with Crippen molar-refractivity contribution in [2.45, 2.75) is 11.3 Å². The Kier molecular flexibility index (Phi) is 3.56. The SMILES string of the molecule is CSc1ccc(C2=NN(c3ccccc3)CC2)cc1. The van der Waals surface area contributed by atoms with Gasteiger partial charge >= 0.3 is 0 Å². The first-order valence-electron chi connectivity index (χ1n) is 6.41. The largest absolute Gasteiger partial charge is 0.265 e. The van der Waals surface area contributed by atoms with Gasteiger partial charge in [0, 0.05) is 17.9 Å². The Morgan fingerprint density at radius 3 is 2.42 bits per heavy atom. The van der Waals surface area contributed by atoms with Gasteiger partial charge in [0.2, 0.25) is 0 Å². The second kappa shape index (κ2) is 5.49. The van der Waals surface area contributed by atoms with Crippen LogP contribution in [0.1, 0.15) is 12.0 Å². The smallest absolute Gasteiger partial charge is 0.0700 e. The monoisotopic (exact) mass is 268 g/mol. The maximum absolute atomic E-state index is 4.73. The second-order valence-corrected chi connectivity index (χ2v) is 5.36. The van der Waals surface area contributed by atoms with E-state index in [4.69, 9.17) is 5.10 Å². The Balaban J connectivity index is 1.82. The molecule has 0 saturated carbocycles. The fourth-order valence-corrected chi connectivity index (χ4v) is 2.64. The van der Waals surface area contributed by atoms with Crippen molar-refractivity contribution < 1.29 is 0 Å². The average Bonchev–Trinajstić information content (AvgIpc) is 2.98. The number of hydrazone groups is 1. The molecule has 0 amide bonds. The van der Waals surface area contributed by atoms with Crippen LogP contribution < -0.4 is 5.01 Å². The van der Waals surface area contributed by atoms with Gasteiger partial charge in [-0.3, -0.25) is 5.01 Å². The summed E-state index contributed by atoms with van der Waals surface area (Å²) in [6, 6.07) is 19.0. The molecular weight excluding hydrogens is 252 g/mol. The van der Waals surface area contributed by atoms with Gasteiger partial charge in [-0.15, -0.1) is 11.8 Å². The maximum Gasteiger partial charge on any atom is 0.0700 e. The van der Waals surface area contributed by atoms with Crippen molar-refractivity contribution in [3.63, 3.8) is 0 Å². The molecule has 0 aromatic heterocycles. The quantitative estimate of drug-likeness (QED) is 0.781. The number of thioether (sulfide) groups is 1. The van der Waals surface area contributed by atoms with Gasteiger partial charge in [0.15, 0.2) is 0 Å². The molecule has 0 N–H and O–H groups in total. The first-order chi connectivity index (χ1) is 9.36. The van der Waals surface area contributed by atoms with Gasteiger partial charge in [0.1, 0.15) is 0 Å². The predicted molar refractivity (Wildman–Crippen MR) is 83.2 cm³/mol. The third kappa shape index (κ3) is 2.66. The number of para-hydroxylation sites is 1. The summed E-state index contributed by atoms with van der Waals surface area (Å²) in [5.41, 5.74) is 3.57. The maximum atomic E-state index is 4.73. The minimum absolute atomic E-state index is 0.962. The standard InChI is InChI=1S/C16H16N2S/c1-19-15-9-7-13(8-10-15)16-11-12-18(17-16)14-5-3-2-4-6-14/h2-10H,11-12H2,1H3. The number of hydrogen-bond acceptors (Lipinski definition) is 3. The van der Waals surface area contributed by atoms with E-state index in [1.807, 2.05) is 6.07 Å². The van der Waals surface area contributed by atoms with Crippen molar-refractivity contribution in [2.24, 2.45) is 5.10 Å². The molecule has 0 spiro atoms. The lowest BCUT2D eigenvalue weighted by molar-refractivity contribution is 0.922. The number of benzene rings is 2. The summed E-state index contributed by atoms with van der Waals surface area (Å²) in [6.45, 7) is 0.962. The van der Waals surface area contributed by atoms with Gasteiger partial charge in [-0.25, -0.2) is 0 Å². The average molecular weight is 268 g/mol. The highest BCUT2D eigenvalue weighted by Crippen LogP contribution is 2.22. The van der Waals surface area contributed by atoms with E-state index in [9.17, 15) is 0 Å². The van der Waals surface area contributed by atoms with Crippen LogP contribution in [-0.2, 0) is 0 Å².